The highest BCUT2D eigenvalue weighted by molar-refractivity contribution is 5.46. The summed E-state index contributed by atoms with van der Waals surface area (Å²) < 4.78 is 34.1. The van der Waals surface area contributed by atoms with Gasteiger partial charge in [0.25, 0.3) is 0 Å². The van der Waals surface area contributed by atoms with Crippen molar-refractivity contribution in [2.24, 2.45) is 0 Å². The SMILES string of the molecule is COc1cccc(CNC(C)C)c1OC(F)F. The molecule has 0 atom stereocenters. The van der Waals surface area contributed by atoms with Crippen LogP contribution in [0.5, 0.6) is 11.5 Å². The Balaban J connectivity index is 2.93. The third-order valence-corrected chi connectivity index (χ3v) is 2.19. The monoisotopic (exact) mass is 245 g/mol. The number of para-hydroxylation sites is 1. The van der Waals surface area contributed by atoms with Crippen molar-refractivity contribution in [2.75, 3.05) is 7.11 Å². The first kappa shape index (κ1) is 13.7. The average molecular weight is 245 g/mol. The Morgan fingerprint density at radius 1 is 1.29 bits per heavy atom. The van der Waals surface area contributed by atoms with Crippen molar-refractivity contribution in [2.45, 2.75) is 33.0 Å². The van der Waals surface area contributed by atoms with Crippen LogP contribution in [0.3, 0.4) is 0 Å². The van der Waals surface area contributed by atoms with Crippen molar-refractivity contribution in [1.82, 2.24) is 5.32 Å². The maximum atomic E-state index is 12.3. The molecule has 1 N–H and O–H groups in total. The fourth-order valence-electron chi connectivity index (χ4n) is 1.40. The molecule has 0 spiro atoms. The standard InChI is InChI=1S/C12H17F2NO2/c1-8(2)15-7-9-5-4-6-10(16-3)11(9)17-12(13)14/h4-6,8,12,15H,7H2,1-3H3. The molecule has 0 aliphatic rings. The fraction of sp³-hybridized carbons (Fsp3) is 0.500. The largest absolute Gasteiger partial charge is 0.493 e. The number of alkyl halides is 2. The zero-order valence-corrected chi connectivity index (χ0v) is 10.2. The first-order valence-corrected chi connectivity index (χ1v) is 5.38. The lowest BCUT2D eigenvalue weighted by Gasteiger charge is -2.15. The summed E-state index contributed by atoms with van der Waals surface area (Å²) >= 11 is 0. The van der Waals surface area contributed by atoms with Gasteiger partial charge in [-0.15, -0.1) is 0 Å². The van der Waals surface area contributed by atoms with E-state index >= 15 is 0 Å². The van der Waals surface area contributed by atoms with E-state index in [-0.39, 0.29) is 11.8 Å². The molecule has 0 radical (unpaired) electrons. The van der Waals surface area contributed by atoms with Crippen LogP contribution in [0, 0.1) is 0 Å². The summed E-state index contributed by atoms with van der Waals surface area (Å²) in [7, 11) is 1.42. The molecule has 0 bridgehead atoms. The topological polar surface area (TPSA) is 30.5 Å². The predicted molar refractivity (Wildman–Crippen MR) is 61.6 cm³/mol. The smallest absolute Gasteiger partial charge is 0.387 e. The zero-order valence-electron chi connectivity index (χ0n) is 10.2. The van der Waals surface area contributed by atoms with Crippen LogP contribution in [0.4, 0.5) is 8.78 Å². The number of methoxy groups -OCH3 is 1. The molecule has 5 heteroatoms. The van der Waals surface area contributed by atoms with Crippen molar-refractivity contribution < 1.29 is 18.3 Å². The Hall–Kier alpha value is -1.36. The molecular weight excluding hydrogens is 228 g/mol. The predicted octanol–water partition coefficient (Wildman–Crippen LogP) is 2.79. The molecule has 1 rings (SSSR count). The Morgan fingerprint density at radius 3 is 2.53 bits per heavy atom. The highest BCUT2D eigenvalue weighted by Gasteiger charge is 2.15. The van der Waals surface area contributed by atoms with Gasteiger partial charge in [0, 0.05) is 18.2 Å². The molecule has 0 aliphatic heterocycles. The van der Waals surface area contributed by atoms with Crippen molar-refractivity contribution in [1.29, 1.82) is 0 Å². The lowest BCUT2D eigenvalue weighted by Crippen LogP contribution is -2.22. The molecule has 0 unspecified atom stereocenters. The van der Waals surface area contributed by atoms with Crippen molar-refractivity contribution in [3.8, 4) is 11.5 Å². The minimum atomic E-state index is -2.86. The Morgan fingerprint density at radius 2 is 2.00 bits per heavy atom. The van der Waals surface area contributed by atoms with E-state index in [0.717, 1.165) is 0 Å². The second kappa shape index (κ2) is 6.39. The van der Waals surface area contributed by atoms with Gasteiger partial charge in [-0.2, -0.15) is 8.78 Å². The molecule has 0 aliphatic carbocycles. The summed E-state index contributed by atoms with van der Waals surface area (Å²) in [6.07, 6.45) is 0. The van der Waals surface area contributed by atoms with Gasteiger partial charge >= 0.3 is 6.61 Å². The fourth-order valence-corrected chi connectivity index (χ4v) is 1.40. The lowest BCUT2D eigenvalue weighted by molar-refractivity contribution is -0.0518. The van der Waals surface area contributed by atoms with E-state index in [9.17, 15) is 8.78 Å². The summed E-state index contributed by atoms with van der Waals surface area (Å²) in [5, 5.41) is 3.15. The van der Waals surface area contributed by atoms with Crippen LogP contribution in [0.25, 0.3) is 0 Å². The molecule has 96 valence electrons. The summed E-state index contributed by atoms with van der Waals surface area (Å²) in [5.41, 5.74) is 0.651. The van der Waals surface area contributed by atoms with Gasteiger partial charge in [-0.05, 0) is 6.07 Å². The van der Waals surface area contributed by atoms with Crippen LogP contribution in [-0.4, -0.2) is 19.8 Å². The first-order valence-electron chi connectivity index (χ1n) is 5.38. The minimum Gasteiger partial charge on any atom is -0.493 e. The number of halogens is 2. The van der Waals surface area contributed by atoms with E-state index < -0.39 is 6.61 Å². The molecule has 0 amide bonds. The third kappa shape index (κ3) is 4.19. The molecular formula is C12H17F2NO2. The molecule has 0 saturated heterocycles. The molecule has 3 nitrogen and oxygen atoms in total. The lowest BCUT2D eigenvalue weighted by atomic mass is 10.1. The van der Waals surface area contributed by atoms with Crippen molar-refractivity contribution in [3.05, 3.63) is 23.8 Å². The Labute approximate surface area is 99.7 Å². The van der Waals surface area contributed by atoms with E-state index in [4.69, 9.17) is 4.74 Å². The second-order valence-electron chi connectivity index (χ2n) is 3.86. The van der Waals surface area contributed by atoms with Gasteiger partial charge in [-0.1, -0.05) is 26.0 Å². The van der Waals surface area contributed by atoms with Gasteiger partial charge in [0.15, 0.2) is 11.5 Å². The highest BCUT2D eigenvalue weighted by atomic mass is 19.3. The molecule has 0 saturated carbocycles. The summed E-state index contributed by atoms with van der Waals surface area (Å²) in [6, 6.07) is 5.33. The summed E-state index contributed by atoms with van der Waals surface area (Å²) in [6.45, 7) is 1.56. The van der Waals surface area contributed by atoms with Gasteiger partial charge < -0.3 is 14.8 Å². The van der Waals surface area contributed by atoms with E-state index in [1.54, 1.807) is 18.2 Å². The first-order chi connectivity index (χ1) is 8.04. The number of ether oxygens (including phenoxy) is 2. The number of rotatable bonds is 6. The third-order valence-electron chi connectivity index (χ3n) is 2.19. The van der Waals surface area contributed by atoms with Crippen LogP contribution in [0.15, 0.2) is 18.2 Å². The normalized spacial score (nSPS) is 11.0. The second-order valence-corrected chi connectivity index (χ2v) is 3.86. The molecule has 0 fully saturated rings. The average Bonchev–Trinajstić information content (AvgIpc) is 2.26. The molecule has 1 aromatic rings. The van der Waals surface area contributed by atoms with E-state index in [2.05, 4.69) is 10.1 Å². The number of hydrogen-bond acceptors (Lipinski definition) is 3. The molecule has 0 aromatic heterocycles. The maximum Gasteiger partial charge on any atom is 0.387 e. The van der Waals surface area contributed by atoms with Crippen molar-refractivity contribution >= 4 is 0 Å². The number of benzene rings is 1. The highest BCUT2D eigenvalue weighted by Crippen LogP contribution is 2.32. The number of nitrogens with one attached hydrogen (secondary N) is 1. The van der Waals surface area contributed by atoms with Crippen LogP contribution in [0.2, 0.25) is 0 Å². The van der Waals surface area contributed by atoms with Crippen LogP contribution in [-0.2, 0) is 6.54 Å². The van der Waals surface area contributed by atoms with Gasteiger partial charge in [-0.25, -0.2) is 0 Å². The van der Waals surface area contributed by atoms with Gasteiger partial charge in [0.2, 0.25) is 0 Å². The Kier molecular flexibility index (Phi) is 5.15. The van der Waals surface area contributed by atoms with Crippen LogP contribution < -0.4 is 14.8 Å². The minimum absolute atomic E-state index is 0.0955. The number of hydrogen-bond donors (Lipinski definition) is 1. The molecule has 17 heavy (non-hydrogen) atoms. The molecule has 1 aromatic carbocycles. The van der Waals surface area contributed by atoms with Gasteiger partial charge in [0.05, 0.1) is 7.11 Å². The van der Waals surface area contributed by atoms with Crippen LogP contribution in [0.1, 0.15) is 19.4 Å². The van der Waals surface area contributed by atoms with Crippen LogP contribution >= 0.6 is 0 Å². The zero-order chi connectivity index (χ0) is 12.8. The van der Waals surface area contributed by atoms with E-state index in [0.29, 0.717) is 17.9 Å². The van der Waals surface area contributed by atoms with Gasteiger partial charge in [0.1, 0.15) is 0 Å². The summed E-state index contributed by atoms with van der Waals surface area (Å²) in [5.74, 6) is 0.409. The maximum absolute atomic E-state index is 12.3. The van der Waals surface area contributed by atoms with E-state index in [1.807, 2.05) is 13.8 Å². The van der Waals surface area contributed by atoms with Gasteiger partial charge in [-0.3, -0.25) is 0 Å². The van der Waals surface area contributed by atoms with E-state index in [1.165, 1.54) is 7.11 Å². The quantitative estimate of drug-likeness (QED) is 0.836. The summed E-state index contributed by atoms with van der Waals surface area (Å²) in [4.78, 5) is 0. The van der Waals surface area contributed by atoms with Crippen molar-refractivity contribution in [3.63, 3.8) is 0 Å². The molecule has 0 heterocycles. The Bertz CT molecular complexity index is 356.